The SMILES string of the molecule is CC(C)C(NCC(O)c1cc(Cl)ccc1Cl)c1cccs1. The average molecular weight is 344 g/mol. The first kappa shape index (κ1) is 16.8. The van der Waals surface area contributed by atoms with Crippen LogP contribution in [0.15, 0.2) is 35.7 Å². The maximum absolute atomic E-state index is 10.4. The molecule has 0 radical (unpaired) electrons. The number of hydrogen-bond acceptors (Lipinski definition) is 3. The molecule has 0 spiro atoms. The fraction of sp³-hybridized carbons (Fsp3) is 0.375. The van der Waals surface area contributed by atoms with Crippen LogP contribution in [0.3, 0.4) is 0 Å². The molecule has 0 bridgehead atoms. The summed E-state index contributed by atoms with van der Waals surface area (Å²) in [5.74, 6) is 0.436. The summed E-state index contributed by atoms with van der Waals surface area (Å²) >= 11 is 13.8. The third kappa shape index (κ3) is 4.44. The maximum Gasteiger partial charge on any atom is 0.0929 e. The lowest BCUT2D eigenvalue weighted by Gasteiger charge is -2.23. The summed E-state index contributed by atoms with van der Waals surface area (Å²) in [7, 11) is 0. The molecule has 1 aromatic carbocycles. The molecule has 0 aliphatic rings. The van der Waals surface area contributed by atoms with Gasteiger partial charge in [0.15, 0.2) is 0 Å². The molecule has 2 aromatic rings. The van der Waals surface area contributed by atoms with Crippen molar-refractivity contribution in [2.45, 2.75) is 26.0 Å². The fourth-order valence-electron chi connectivity index (χ4n) is 2.25. The standard InChI is InChI=1S/C16H19Cl2NOS/c1-10(2)16(15-4-3-7-21-15)19-9-14(20)12-8-11(17)5-6-13(12)18/h3-8,10,14,16,19-20H,9H2,1-2H3. The first-order valence-corrected chi connectivity index (χ1v) is 8.52. The van der Waals surface area contributed by atoms with Crippen molar-refractivity contribution >= 4 is 34.5 Å². The van der Waals surface area contributed by atoms with Gasteiger partial charge in [0.05, 0.1) is 6.10 Å². The van der Waals surface area contributed by atoms with Crippen molar-refractivity contribution in [1.82, 2.24) is 5.32 Å². The Labute approximate surface area is 139 Å². The van der Waals surface area contributed by atoms with E-state index in [1.54, 1.807) is 29.5 Å². The summed E-state index contributed by atoms with van der Waals surface area (Å²) in [5, 5.41) is 17.0. The molecule has 0 saturated carbocycles. The zero-order chi connectivity index (χ0) is 15.4. The summed E-state index contributed by atoms with van der Waals surface area (Å²) in [6, 6.07) is 9.52. The molecule has 2 atom stereocenters. The maximum atomic E-state index is 10.4. The van der Waals surface area contributed by atoms with Crippen molar-refractivity contribution in [3.8, 4) is 0 Å². The van der Waals surface area contributed by atoms with Gasteiger partial charge in [0.1, 0.15) is 0 Å². The van der Waals surface area contributed by atoms with E-state index in [1.807, 2.05) is 6.07 Å². The summed E-state index contributed by atoms with van der Waals surface area (Å²) < 4.78 is 0. The molecule has 1 aromatic heterocycles. The fourth-order valence-corrected chi connectivity index (χ4v) is 3.65. The summed E-state index contributed by atoms with van der Waals surface area (Å²) in [6.45, 7) is 4.76. The topological polar surface area (TPSA) is 32.3 Å². The van der Waals surface area contributed by atoms with Gasteiger partial charge in [-0.2, -0.15) is 0 Å². The zero-order valence-corrected chi connectivity index (χ0v) is 14.3. The molecule has 2 unspecified atom stereocenters. The number of thiophene rings is 1. The van der Waals surface area contributed by atoms with Gasteiger partial charge >= 0.3 is 0 Å². The highest BCUT2D eigenvalue weighted by atomic mass is 35.5. The van der Waals surface area contributed by atoms with Crippen LogP contribution in [-0.2, 0) is 0 Å². The molecule has 2 rings (SSSR count). The van der Waals surface area contributed by atoms with Crippen molar-refractivity contribution < 1.29 is 5.11 Å². The highest BCUT2D eigenvalue weighted by Gasteiger charge is 2.19. The molecule has 0 fully saturated rings. The number of aliphatic hydroxyl groups is 1. The Hall–Kier alpha value is -0.580. The third-order valence-electron chi connectivity index (χ3n) is 3.36. The molecule has 0 amide bonds. The first-order chi connectivity index (χ1) is 9.99. The van der Waals surface area contributed by atoms with Crippen molar-refractivity contribution in [2.24, 2.45) is 5.92 Å². The molecule has 114 valence electrons. The van der Waals surface area contributed by atoms with Crippen LogP contribution in [0.4, 0.5) is 0 Å². The summed E-state index contributed by atoms with van der Waals surface area (Å²) in [4.78, 5) is 1.27. The minimum absolute atomic E-state index is 0.220. The van der Waals surface area contributed by atoms with Crippen LogP contribution in [0.25, 0.3) is 0 Å². The van der Waals surface area contributed by atoms with Gasteiger partial charge in [-0.1, -0.05) is 43.1 Å². The van der Waals surface area contributed by atoms with E-state index >= 15 is 0 Å². The molecule has 1 heterocycles. The van der Waals surface area contributed by atoms with Crippen LogP contribution < -0.4 is 5.32 Å². The molecule has 2 nitrogen and oxygen atoms in total. The van der Waals surface area contributed by atoms with E-state index in [2.05, 4.69) is 30.6 Å². The second-order valence-electron chi connectivity index (χ2n) is 5.33. The lowest BCUT2D eigenvalue weighted by atomic mass is 10.0. The van der Waals surface area contributed by atoms with Crippen molar-refractivity contribution in [1.29, 1.82) is 0 Å². The molecule has 0 saturated heterocycles. The van der Waals surface area contributed by atoms with E-state index < -0.39 is 6.10 Å². The van der Waals surface area contributed by atoms with Crippen LogP contribution in [0.5, 0.6) is 0 Å². The predicted octanol–water partition coefficient (Wildman–Crippen LogP) is 5.08. The second kappa shape index (κ2) is 7.61. The van der Waals surface area contributed by atoms with Crippen LogP contribution in [-0.4, -0.2) is 11.7 Å². The molecular formula is C16H19Cl2NOS. The monoisotopic (exact) mass is 343 g/mol. The Morgan fingerprint density at radius 3 is 2.62 bits per heavy atom. The Bertz CT molecular complexity index is 572. The Morgan fingerprint density at radius 1 is 1.24 bits per heavy atom. The molecule has 0 aliphatic heterocycles. The van der Waals surface area contributed by atoms with Crippen molar-refractivity contribution in [2.75, 3.05) is 6.54 Å². The highest BCUT2D eigenvalue weighted by molar-refractivity contribution is 7.10. The van der Waals surface area contributed by atoms with E-state index in [1.165, 1.54) is 4.88 Å². The molecule has 2 N–H and O–H groups in total. The Balaban J connectivity index is 2.05. The van der Waals surface area contributed by atoms with E-state index in [0.29, 0.717) is 28.1 Å². The van der Waals surface area contributed by atoms with E-state index in [4.69, 9.17) is 23.2 Å². The number of rotatable bonds is 6. The number of aliphatic hydroxyl groups excluding tert-OH is 1. The minimum atomic E-state index is -0.683. The van der Waals surface area contributed by atoms with E-state index in [-0.39, 0.29) is 6.04 Å². The molecule has 21 heavy (non-hydrogen) atoms. The number of benzene rings is 1. The summed E-state index contributed by atoms with van der Waals surface area (Å²) in [6.07, 6.45) is -0.683. The van der Waals surface area contributed by atoms with Crippen LogP contribution in [0.1, 0.15) is 36.4 Å². The van der Waals surface area contributed by atoms with Gasteiger partial charge in [-0.3, -0.25) is 0 Å². The largest absolute Gasteiger partial charge is 0.387 e. The Morgan fingerprint density at radius 2 is 2.00 bits per heavy atom. The van der Waals surface area contributed by atoms with E-state index in [0.717, 1.165) is 0 Å². The van der Waals surface area contributed by atoms with Gasteiger partial charge in [0, 0.05) is 33.1 Å². The van der Waals surface area contributed by atoms with E-state index in [9.17, 15) is 5.11 Å². The third-order valence-corrected chi connectivity index (χ3v) is 4.90. The minimum Gasteiger partial charge on any atom is -0.387 e. The second-order valence-corrected chi connectivity index (χ2v) is 7.15. The van der Waals surface area contributed by atoms with Crippen LogP contribution >= 0.6 is 34.5 Å². The van der Waals surface area contributed by atoms with Crippen molar-refractivity contribution in [3.63, 3.8) is 0 Å². The zero-order valence-electron chi connectivity index (χ0n) is 12.0. The molecule has 5 heteroatoms. The van der Waals surface area contributed by atoms with Crippen molar-refractivity contribution in [3.05, 3.63) is 56.2 Å². The Kier molecular flexibility index (Phi) is 6.08. The predicted molar refractivity (Wildman–Crippen MR) is 91.3 cm³/mol. The first-order valence-electron chi connectivity index (χ1n) is 6.89. The summed E-state index contributed by atoms with van der Waals surface area (Å²) in [5.41, 5.74) is 0.658. The average Bonchev–Trinajstić information content (AvgIpc) is 2.95. The highest BCUT2D eigenvalue weighted by Crippen LogP contribution is 2.29. The van der Waals surface area contributed by atoms with Crippen LogP contribution in [0, 0.1) is 5.92 Å². The van der Waals surface area contributed by atoms with Gasteiger partial charge in [0.2, 0.25) is 0 Å². The number of hydrogen-bond donors (Lipinski definition) is 2. The molecule has 0 aliphatic carbocycles. The number of nitrogens with one attached hydrogen (secondary N) is 1. The molecular weight excluding hydrogens is 325 g/mol. The van der Waals surface area contributed by atoms with Gasteiger partial charge in [-0.15, -0.1) is 11.3 Å². The van der Waals surface area contributed by atoms with Gasteiger partial charge < -0.3 is 10.4 Å². The quantitative estimate of drug-likeness (QED) is 0.766. The van der Waals surface area contributed by atoms with Gasteiger partial charge in [-0.05, 0) is 35.6 Å². The normalized spacial score (nSPS) is 14.4. The van der Waals surface area contributed by atoms with Crippen LogP contribution in [0.2, 0.25) is 10.0 Å². The van der Waals surface area contributed by atoms with Gasteiger partial charge in [-0.25, -0.2) is 0 Å². The number of halogens is 2. The smallest absolute Gasteiger partial charge is 0.0929 e. The lowest BCUT2D eigenvalue weighted by molar-refractivity contribution is 0.166. The van der Waals surface area contributed by atoms with Gasteiger partial charge in [0.25, 0.3) is 0 Å². The lowest BCUT2D eigenvalue weighted by Crippen LogP contribution is -2.29.